The van der Waals surface area contributed by atoms with Crippen molar-refractivity contribution in [2.45, 2.75) is 0 Å². The topological polar surface area (TPSA) is 44.1 Å². The Morgan fingerprint density at radius 3 is 2.50 bits per heavy atom. The molecule has 0 atom stereocenters. The Morgan fingerprint density at radius 2 is 1.73 bits per heavy atom. The van der Waals surface area contributed by atoms with E-state index in [1.54, 1.807) is 29.9 Å². The van der Waals surface area contributed by atoms with Crippen LogP contribution in [-0.4, -0.2) is 16.7 Å². The highest BCUT2D eigenvalue weighted by Gasteiger charge is 2.14. The van der Waals surface area contributed by atoms with Gasteiger partial charge in [0.2, 0.25) is 0 Å². The predicted molar refractivity (Wildman–Crippen MR) is 104 cm³/mol. The third-order valence-corrected chi connectivity index (χ3v) is 4.44. The minimum Gasteiger partial charge on any atom is -0.497 e. The van der Waals surface area contributed by atoms with Gasteiger partial charge in [-0.25, -0.2) is 4.98 Å². The molecular formula is C21H15ClN2O2. The maximum Gasteiger partial charge on any atom is 0.266 e. The first-order valence-corrected chi connectivity index (χ1v) is 8.47. The Kier molecular flexibility index (Phi) is 4.19. The van der Waals surface area contributed by atoms with Crippen LogP contribution in [0.1, 0.15) is 0 Å². The van der Waals surface area contributed by atoms with Gasteiger partial charge in [-0.3, -0.25) is 9.36 Å². The number of fused-ring (bicyclic) bond motifs is 1. The number of hydrogen-bond acceptors (Lipinski definition) is 3. The van der Waals surface area contributed by atoms with Gasteiger partial charge in [-0.1, -0.05) is 29.8 Å². The molecule has 0 spiro atoms. The van der Waals surface area contributed by atoms with Gasteiger partial charge in [-0.05, 0) is 48.5 Å². The lowest BCUT2D eigenvalue weighted by atomic mass is 10.1. The molecule has 0 amide bonds. The Morgan fingerprint density at radius 1 is 0.962 bits per heavy atom. The summed E-state index contributed by atoms with van der Waals surface area (Å²) in [5.74, 6) is 1.23. The first kappa shape index (κ1) is 16.4. The molecule has 4 nitrogen and oxygen atoms in total. The molecule has 1 aromatic heterocycles. The Balaban J connectivity index is 2.08. The molecule has 0 aliphatic heterocycles. The number of rotatable bonds is 3. The fourth-order valence-corrected chi connectivity index (χ4v) is 3.04. The number of benzene rings is 3. The van der Waals surface area contributed by atoms with Gasteiger partial charge in [-0.2, -0.15) is 0 Å². The second-order valence-corrected chi connectivity index (χ2v) is 6.24. The molecule has 4 rings (SSSR count). The molecule has 0 aliphatic rings. The van der Waals surface area contributed by atoms with Crippen molar-refractivity contribution in [3.8, 4) is 22.8 Å². The van der Waals surface area contributed by atoms with Crippen LogP contribution >= 0.6 is 11.6 Å². The molecule has 26 heavy (non-hydrogen) atoms. The van der Waals surface area contributed by atoms with E-state index in [4.69, 9.17) is 21.3 Å². The molecule has 0 bridgehead atoms. The third kappa shape index (κ3) is 2.85. The van der Waals surface area contributed by atoms with Gasteiger partial charge < -0.3 is 4.74 Å². The van der Waals surface area contributed by atoms with Gasteiger partial charge in [0.05, 0.1) is 23.7 Å². The number of aromatic nitrogens is 2. The van der Waals surface area contributed by atoms with Crippen molar-refractivity contribution >= 4 is 22.5 Å². The van der Waals surface area contributed by atoms with Crippen LogP contribution < -0.4 is 10.3 Å². The van der Waals surface area contributed by atoms with E-state index in [0.29, 0.717) is 33.2 Å². The zero-order valence-electron chi connectivity index (χ0n) is 14.0. The number of halogens is 1. The highest BCUT2D eigenvalue weighted by atomic mass is 35.5. The summed E-state index contributed by atoms with van der Waals surface area (Å²) in [5, 5.41) is 1.19. The number of hydrogen-bond donors (Lipinski definition) is 0. The molecule has 0 saturated carbocycles. The van der Waals surface area contributed by atoms with Gasteiger partial charge >= 0.3 is 0 Å². The van der Waals surface area contributed by atoms with Crippen molar-refractivity contribution in [1.29, 1.82) is 0 Å². The lowest BCUT2D eigenvalue weighted by Crippen LogP contribution is -2.22. The van der Waals surface area contributed by atoms with Crippen molar-refractivity contribution in [2.24, 2.45) is 0 Å². The van der Waals surface area contributed by atoms with Crippen LogP contribution in [0.4, 0.5) is 0 Å². The summed E-state index contributed by atoms with van der Waals surface area (Å²) in [6.45, 7) is 0. The quantitative estimate of drug-likeness (QED) is 0.530. The molecule has 3 aromatic carbocycles. The third-order valence-electron chi connectivity index (χ3n) is 4.19. The van der Waals surface area contributed by atoms with E-state index < -0.39 is 0 Å². The summed E-state index contributed by atoms with van der Waals surface area (Å²) in [7, 11) is 1.60. The molecule has 128 valence electrons. The first-order chi connectivity index (χ1) is 12.7. The van der Waals surface area contributed by atoms with Crippen molar-refractivity contribution in [1.82, 2.24) is 9.55 Å². The monoisotopic (exact) mass is 362 g/mol. The number of para-hydroxylation sites is 1. The molecule has 0 N–H and O–H groups in total. The minimum atomic E-state index is -0.131. The predicted octanol–water partition coefficient (Wildman–Crippen LogP) is 4.71. The molecule has 5 heteroatoms. The largest absolute Gasteiger partial charge is 0.497 e. The minimum absolute atomic E-state index is 0.131. The first-order valence-electron chi connectivity index (χ1n) is 8.09. The molecular weight excluding hydrogens is 348 g/mol. The number of methoxy groups -OCH3 is 1. The average Bonchev–Trinajstić information content (AvgIpc) is 2.68. The smallest absolute Gasteiger partial charge is 0.266 e. The van der Waals surface area contributed by atoms with E-state index in [2.05, 4.69) is 0 Å². The zero-order valence-corrected chi connectivity index (χ0v) is 14.8. The Bertz CT molecular complexity index is 1150. The van der Waals surface area contributed by atoms with Crippen molar-refractivity contribution in [2.75, 3.05) is 7.11 Å². The molecule has 0 aliphatic carbocycles. The number of ether oxygens (including phenoxy) is 1. The normalized spacial score (nSPS) is 10.8. The van der Waals surface area contributed by atoms with E-state index in [1.807, 2.05) is 54.6 Å². The van der Waals surface area contributed by atoms with Crippen LogP contribution in [0.2, 0.25) is 5.02 Å². The van der Waals surface area contributed by atoms with Crippen LogP contribution in [0, 0.1) is 0 Å². The highest BCUT2D eigenvalue weighted by Crippen LogP contribution is 2.25. The van der Waals surface area contributed by atoms with Crippen LogP contribution in [0.15, 0.2) is 77.6 Å². The highest BCUT2D eigenvalue weighted by molar-refractivity contribution is 6.30. The zero-order chi connectivity index (χ0) is 18.1. The fraction of sp³-hybridized carbons (Fsp3) is 0.0476. The molecule has 0 fully saturated rings. The van der Waals surface area contributed by atoms with E-state index in [9.17, 15) is 4.79 Å². The molecule has 0 saturated heterocycles. The van der Waals surface area contributed by atoms with Crippen molar-refractivity contribution in [3.63, 3.8) is 0 Å². The maximum absolute atomic E-state index is 13.2. The molecule has 0 radical (unpaired) electrons. The fourth-order valence-electron chi connectivity index (χ4n) is 2.91. The van der Waals surface area contributed by atoms with Crippen LogP contribution in [-0.2, 0) is 0 Å². The van der Waals surface area contributed by atoms with Gasteiger partial charge in [0.25, 0.3) is 5.56 Å². The molecule has 4 aromatic rings. The Hall–Kier alpha value is -3.11. The van der Waals surface area contributed by atoms with Crippen molar-refractivity contribution in [3.05, 3.63) is 88.2 Å². The second-order valence-electron chi connectivity index (χ2n) is 5.80. The lowest BCUT2D eigenvalue weighted by Gasteiger charge is -2.14. The van der Waals surface area contributed by atoms with E-state index >= 15 is 0 Å². The van der Waals surface area contributed by atoms with E-state index in [0.717, 1.165) is 5.56 Å². The summed E-state index contributed by atoms with van der Waals surface area (Å²) in [5.41, 5.74) is 2.02. The van der Waals surface area contributed by atoms with Gasteiger partial charge in [0, 0.05) is 16.7 Å². The number of nitrogens with zero attached hydrogens (tertiary/aromatic N) is 2. The van der Waals surface area contributed by atoms with E-state index in [-0.39, 0.29) is 5.56 Å². The van der Waals surface area contributed by atoms with Gasteiger partial charge in [0.1, 0.15) is 11.6 Å². The maximum atomic E-state index is 13.2. The van der Waals surface area contributed by atoms with Crippen molar-refractivity contribution < 1.29 is 4.74 Å². The summed E-state index contributed by atoms with van der Waals surface area (Å²) < 4.78 is 6.92. The lowest BCUT2D eigenvalue weighted by molar-refractivity contribution is 0.414. The van der Waals surface area contributed by atoms with Crippen LogP contribution in [0.3, 0.4) is 0 Å². The van der Waals surface area contributed by atoms with Gasteiger partial charge in [0.15, 0.2) is 0 Å². The summed E-state index contributed by atoms with van der Waals surface area (Å²) in [4.78, 5) is 18.0. The van der Waals surface area contributed by atoms with E-state index in [1.165, 1.54) is 0 Å². The molecule has 0 unspecified atom stereocenters. The summed E-state index contributed by atoms with van der Waals surface area (Å²) in [6.07, 6.45) is 0. The van der Waals surface area contributed by atoms with Crippen LogP contribution in [0.5, 0.6) is 5.75 Å². The average molecular weight is 363 g/mol. The summed E-state index contributed by atoms with van der Waals surface area (Å²) >= 11 is 6.02. The SMILES string of the molecule is COc1cccc(-n2c(-c3ccc(Cl)cc3)nc3ccccc3c2=O)c1. The second kappa shape index (κ2) is 6.65. The summed E-state index contributed by atoms with van der Waals surface area (Å²) in [6, 6.07) is 22.0. The Labute approximate surface area is 155 Å². The van der Waals surface area contributed by atoms with Crippen LogP contribution in [0.25, 0.3) is 28.0 Å². The van der Waals surface area contributed by atoms with Gasteiger partial charge in [-0.15, -0.1) is 0 Å². The molecule has 1 heterocycles. The standard InChI is InChI=1S/C21H15ClN2O2/c1-26-17-6-4-5-16(13-17)24-20(14-9-11-15(22)12-10-14)23-19-8-3-2-7-18(19)21(24)25/h2-13H,1H3.